The number of fused-ring (bicyclic) bond motifs is 1. The molecule has 2 aromatic rings. The van der Waals surface area contributed by atoms with Crippen LogP contribution < -0.4 is 5.32 Å². The summed E-state index contributed by atoms with van der Waals surface area (Å²) in [6.45, 7) is 0. The van der Waals surface area contributed by atoms with Crippen LogP contribution in [0.5, 0.6) is 0 Å². The van der Waals surface area contributed by atoms with Crippen LogP contribution >= 0.6 is 22.9 Å². The molecule has 2 N–H and O–H groups in total. The van der Waals surface area contributed by atoms with E-state index in [4.69, 9.17) is 16.7 Å². The largest absolute Gasteiger partial charge is 0.481 e. The number of aliphatic carboxylic acids is 1. The maximum Gasteiger partial charge on any atom is 0.306 e. The number of carboxylic acids is 1. The SMILES string of the molecule is O=C(O)[C@H]1CC[C@H](C(=O)Nc2nc3cc(Cl)ccc3s2)CC1. The summed E-state index contributed by atoms with van der Waals surface area (Å²) >= 11 is 7.33. The monoisotopic (exact) mass is 338 g/mol. The molecule has 0 saturated heterocycles. The van der Waals surface area contributed by atoms with E-state index in [2.05, 4.69) is 10.3 Å². The maximum absolute atomic E-state index is 12.3. The molecule has 7 heteroatoms. The third kappa shape index (κ3) is 3.23. The smallest absolute Gasteiger partial charge is 0.306 e. The van der Waals surface area contributed by atoms with E-state index < -0.39 is 5.97 Å². The zero-order valence-electron chi connectivity index (χ0n) is 11.7. The van der Waals surface area contributed by atoms with Crippen LogP contribution in [0.3, 0.4) is 0 Å². The van der Waals surface area contributed by atoms with Gasteiger partial charge in [0.15, 0.2) is 5.13 Å². The van der Waals surface area contributed by atoms with Crippen molar-refractivity contribution in [3.63, 3.8) is 0 Å². The van der Waals surface area contributed by atoms with Crippen molar-refractivity contribution in [3.8, 4) is 0 Å². The van der Waals surface area contributed by atoms with Crippen LogP contribution in [0.25, 0.3) is 10.2 Å². The molecule has 0 bridgehead atoms. The van der Waals surface area contributed by atoms with E-state index in [0.717, 1.165) is 10.2 Å². The zero-order chi connectivity index (χ0) is 15.7. The first-order chi connectivity index (χ1) is 10.5. The molecular weight excluding hydrogens is 324 g/mol. The minimum absolute atomic E-state index is 0.0750. The van der Waals surface area contributed by atoms with Gasteiger partial charge in [0.1, 0.15) is 0 Å². The standard InChI is InChI=1S/C15H15ClN2O3S/c16-10-5-6-12-11(7-10)17-15(22-12)18-13(19)8-1-3-9(4-2-8)14(20)21/h5-9H,1-4H2,(H,20,21)(H,17,18,19)/t8-,9-. The fraction of sp³-hybridized carbons (Fsp3) is 0.400. The Hall–Kier alpha value is -1.66. The minimum atomic E-state index is -0.762. The van der Waals surface area contributed by atoms with Crippen LogP contribution in [-0.2, 0) is 9.59 Å². The summed E-state index contributed by atoms with van der Waals surface area (Å²) in [5, 5.41) is 13.0. The number of carbonyl (C=O) groups excluding carboxylic acids is 1. The predicted octanol–water partition coefficient (Wildman–Crippen LogP) is 3.78. The van der Waals surface area contributed by atoms with E-state index in [0.29, 0.717) is 35.8 Å². The van der Waals surface area contributed by atoms with Gasteiger partial charge in [0.05, 0.1) is 16.1 Å². The number of nitrogens with zero attached hydrogens (tertiary/aromatic N) is 1. The van der Waals surface area contributed by atoms with Crippen molar-refractivity contribution in [3.05, 3.63) is 23.2 Å². The third-order valence-electron chi connectivity index (χ3n) is 4.03. The van der Waals surface area contributed by atoms with Crippen molar-refractivity contribution < 1.29 is 14.7 Å². The quantitative estimate of drug-likeness (QED) is 0.892. The molecule has 0 spiro atoms. The molecule has 1 saturated carbocycles. The number of aromatic nitrogens is 1. The van der Waals surface area contributed by atoms with E-state index in [1.807, 2.05) is 6.07 Å². The van der Waals surface area contributed by atoms with Crippen LogP contribution in [0.15, 0.2) is 18.2 Å². The van der Waals surface area contributed by atoms with Gasteiger partial charge >= 0.3 is 5.97 Å². The van der Waals surface area contributed by atoms with Gasteiger partial charge in [-0.05, 0) is 43.9 Å². The highest BCUT2D eigenvalue weighted by Gasteiger charge is 2.30. The predicted molar refractivity (Wildman–Crippen MR) is 86.3 cm³/mol. The lowest BCUT2D eigenvalue weighted by Gasteiger charge is -2.24. The second kappa shape index (κ2) is 6.22. The molecule has 1 fully saturated rings. The lowest BCUT2D eigenvalue weighted by atomic mass is 9.81. The summed E-state index contributed by atoms with van der Waals surface area (Å²) in [7, 11) is 0. The highest BCUT2D eigenvalue weighted by molar-refractivity contribution is 7.22. The average Bonchev–Trinajstić information content (AvgIpc) is 2.88. The van der Waals surface area contributed by atoms with E-state index in [-0.39, 0.29) is 17.7 Å². The van der Waals surface area contributed by atoms with Gasteiger partial charge in [0, 0.05) is 10.9 Å². The average molecular weight is 339 g/mol. The van der Waals surface area contributed by atoms with E-state index >= 15 is 0 Å². The van der Waals surface area contributed by atoms with E-state index in [9.17, 15) is 9.59 Å². The van der Waals surface area contributed by atoms with E-state index in [1.54, 1.807) is 12.1 Å². The van der Waals surface area contributed by atoms with Crippen LogP contribution in [0.1, 0.15) is 25.7 Å². The number of rotatable bonds is 3. The van der Waals surface area contributed by atoms with Gasteiger partial charge < -0.3 is 10.4 Å². The minimum Gasteiger partial charge on any atom is -0.481 e. The third-order valence-corrected chi connectivity index (χ3v) is 5.21. The second-order valence-corrected chi connectivity index (χ2v) is 6.97. The van der Waals surface area contributed by atoms with Gasteiger partial charge in [-0.2, -0.15) is 0 Å². The molecule has 1 aliphatic carbocycles. The molecule has 5 nitrogen and oxygen atoms in total. The fourth-order valence-corrected chi connectivity index (χ4v) is 3.78. The Morgan fingerprint density at radius 1 is 1.23 bits per heavy atom. The molecule has 0 unspecified atom stereocenters. The van der Waals surface area contributed by atoms with Crippen molar-refractivity contribution in [1.82, 2.24) is 4.98 Å². The number of thiazole rings is 1. The Morgan fingerprint density at radius 3 is 2.59 bits per heavy atom. The van der Waals surface area contributed by atoms with Crippen LogP contribution in [0, 0.1) is 11.8 Å². The first kappa shape index (κ1) is 15.2. The Balaban J connectivity index is 1.65. The number of amides is 1. The molecule has 0 atom stereocenters. The van der Waals surface area contributed by atoms with Crippen LogP contribution in [0.4, 0.5) is 5.13 Å². The van der Waals surface area contributed by atoms with Crippen molar-refractivity contribution >= 4 is 50.2 Å². The number of nitrogens with one attached hydrogen (secondary N) is 1. The van der Waals surface area contributed by atoms with Gasteiger partial charge in [-0.3, -0.25) is 9.59 Å². The van der Waals surface area contributed by atoms with Crippen LogP contribution in [-0.4, -0.2) is 22.0 Å². The zero-order valence-corrected chi connectivity index (χ0v) is 13.3. The van der Waals surface area contributed by atoms with Crippen molar-refractivity contribution in [2.75, 3.05) is 5.32 Å². The molecule has 1 heterocycles. The van der Waals surface area contributed by atoms with Gasteiger partial charge in [-0.1, -0.05) is 22.9 Å². The van der Waals surface area contributed by atoms with Crippen molar-refractivity contribution in [2.45, 2.75) is 25.7 Å². The first-order valence-electron chi connectivity index (χ1n) is 7.12. The fourth-order valence-electron chi connectivity index (χ4n) is 2.76. The summed E-state index contributed by atoms with van der Waals surface area (Å²) in [5.41, 5.74) is 0.766. The Morgan fingerprint density at radius 2 is 1.91 bits per heavy atom. The maximum atomic E-state index is 12.3. The Labute approximate surface area is 136 Å². The van der Waals surface area contributed by atoms with Gasteiger partial charge in [-0.15, -0.1) is 0 Å². The van der Waals surface area contributed by atoms with Crippen molar-refractivity contribution in [2.24, 2.45) is 11.8 Å². The summed E-state index contributed by atoms with van der Waals surface area (Å²) in [6, 6.07) is 5.44. The normalized spacial score (nSPS) is 21.7. The number of hydrogen-bond acceptors (Lipinski definition) is 4. The number of halogens is 1. The number of carboxylic acid groups (broad SMARTS) is 1. The lowest BCUT2D eigenvalue weighted by Crippen LogP contribution is -2.29. The number of hydrogen-bond donors (Lipinski definition) is 2. The van der Waals surface area contributed by atoms with Gasteiger partial charge in [-0.25, -0.2) is 4.98 Å². The molecule has 0 radical (unpaired) electrons. The van der Waals surface area contributed by atoms with Crippen molar-refractivity contribution in [1.29, 1.82) is 0 Å². The summed E-state index contributed by atoms with van der Waals surface area (Å²) in [6.07, 6.45) is 2.34. The molecule has 1 aliphatic rings. The molecule has 1 aromatic heterocycles. The molecule has 22 heavy (non-hydrogen) atoms. The number of benzene rings is 1. The first-order valence-corrected chi connectivity index (χ1v) is 8.32. The Bertz CT molecular complexity index is 723. The summed E-state index contributed by atoms with van der Waals surface area (Å²) in [5.74, 6) is -1.28. The Kier molecular flexibility index (Phi) is 4.31. The van der Waals surface area contributed by atoms with Gasteiger partial charge in [0.2, 0.25) is 5.91 Å². The molecule has 3 rings (SSSR count). The summed E-state index contributed by atoms with van der Waals surface area (Å²) in [4.78, 5) is 27.6. The molecule has 0 aliphatic heterocycles. The molecule has 116 valence electrons. The summed E-state index contributed by atoms with van der Waals surface area (Å²) < 4.78 is 0.967. The highest BCUT2D eigenvalue weighted by atomic mass is 35.5. The number of carbonyl (C=O) groups is 2. The second-order valence-electron chi connectivity index (χ2n) is 5.51. The molecule has 1 amide bonds. The molecular formula is C15H15ClN2O3S. The lowest BCUT2D eigenvalue weighted by molar-refractivity contribution is -0.143. The van der Waals surface area contributed by atoms with Crippen LogP contribution in [0.2, 0.25) is 5.02 Å². The molecule has 1 aromatic carbocycles. The highest BCUT2D eigenvalue weighted by Crippen LogP contribution is 2.32. The number of anilines is 1. The van der Waals surface area contributed by atoms with Gasteiger partial charge in [0.25, 0.3) is 0 Å². The topological polar surface area (TPSA) is 79.3 Å². The van der Waals surface area contributed by atoms with E-state index in [1.165, 1.54) is 11.3 Å².